The molecular formula is C24H31N3O3S. The van der Waals surface area contributed by atoms with E-state index in [0.29, 0.717) is 5.69 Å². The van der Waals surface area contributed by atoms with E-state index >= 15 is 0 Å². The molecular weight excluding hydrogens is 410 g/mol. The van der Waals surface area contributed by atoms with Crippen LogP contribution in [-0.4, -0.2) is 51.6 Å². The van der Waals surface area contributed by atoms with Crippen molar-refractivity contribution >= 4 is 28.3 Å². The Balaban J connectivity index is 1.36. The zero-order chi connectivity index (χ0) is 22.2. The molecule has 0 radical (unpaired) electrons. The van der Waals surface area contributed by atoms with Crippen LogP contribution in [-0.2, 0) is 26.9 Å². The monoisotopic (exact) mass is 441 g/mol. The van der Waals surface area contributed by atoms with Gasteiger partial charge >= 0.3 is 0 Å². The van der Waals surface area contributed by atoms with E-state index in [9.17, 15) is 13.8 Å². The topological polar surface area (TPSA) is 78.5 Å². The van der Waals surface area contributed by atoms with E-state index in [1.54, 1.807) is 0 Å². The molecule has 0 saturated carbocycles. The molecule has 0 bridgehead atoms. The number of hydrogen-bond donors (Lipinski definition) is 2. The van der Waals surface area contributed by atoms with E-state index < -0.39 is 10.8 Å². The summed E-state index contributed by atoms with van der Waals surface area (Å²) < 4.78 is 12.3. The molecule has 1 fully saturated rings. The number of benzene rings is 2. The Kier molecular flexibility index (Phi) is 8.37. The summed E-state index contributed by atoms with van der Waals surface area (Å²) in [5, 5.41) is 5.73. The van der Waals surface area contributed by atoms with Crippen LogP contribution in [0.1, 0.15) is 29.5 Å². The molecule has 1 saturated heterocycles. The fourth-order valence-corrected chi connectivity index (χ4v) is 4.55. The first-order chi connectivity index (χ1) is 14.9. The number of nitrogens with one attached hydrogen (secondary N) is 2. The predicted octanol–water partition coefficient (Wildman–Crippen LogP) is 2.77. The summed E-state index contributed by atoms with van der Waals surface area (Å²) in [6.07, 6.45) is 1.75. The van der Waals surface area contributed by atoms with Crippen molar-refractivity contribution < 1.29 is 13.8 Å². The second kappa shape index (κ2) is 11.2. The third kappa shape index (κ3) is 7.60. The minimum atomic E-state index is -1.54. The number of piperidine rings is 1. The summed E-state index contributed by atoms with van der Waals surface area (Å²) in [6, 6.07) is 16.1. The maximum absolute atomic E-state index is 12.3. The lowest BCUT2D eigenvalue weighted by molar-refractivity contribution is -0.119. The molecule has 1 atom stereocenters. The van der Waals surface area contributed by atoms with Crippen molar-refractivity contribution in [2.24, 2.45) is 0 Å². The van der Waals surface area contributed by atoms with Gasteiger partial charge in [-0.05, 0) is 55.5 Å². The second-order valence-electron chi connectivity index (χ2n) is 8.18. The van der Waals surface area contributed by atoms with Crippen molar-refractivity contribution in [3.05, 3.63) is 65.2 Å². The minimum Gasteiger partial charge on any atom is -0.352 e. The second-order valence-corrected chi connectivity index (χ2v) is 9.64. The number of hydrogen-bond acceptors (Lipinski definition) is 4. The third-order valence-electron chi connectivity index (χ3n) is 5.58. The lowest BCUT2D eigenvalue weighted by Crippen LogP contribution is -2.45. The van der Waals surface area contributed by atoms with Crippen LogP contribution in [0.25, 0.3) is 0 Å². The van der Waals surface area contributed by atoms with Crippen molar-refractivity contribution in [3.63, 3.8) is 0 Å². The van der Waals surface area contributed by atoms with Gasteiger partial charge in [-0.25, -0.2) is 0 Å². The lowest BCUT2D eigenvalue weighted by Gasteiger charge is -2.32. The van der Waals surface area contributed by atoms with Gasteiger partial charge in [0, 0.05) is 42.2 Å². The summed E-state index contributed by atoms with van der Waals surface area (Å²) >= 11 is 0. The summed E-state index contributed by atoms with van der Waals surface area (Å²) in [5.41, 5.74) is 4.19. The Morgan fingerprint density at radius 2 is 1.65 bits per heavy atom. The molecule has 1 aliphatic heterocycles. The molecule has 1 aliphatic rings. The highest BCUT2D eigenvalue weighted by atomic mass is 32.2. The maximum Gasteiger partial charge on any atom is 0.237 e. The smallest absolute Gasteiger partial charge is 0.237 e. The average molecular weight is 442 g/mol. The predicted molar refractivity (Wildman–Crippen MR) is 125 cm³/mol. The highest BCUT2D eigenvalue weighted by molar-refractivity contribution is 7.86. The normalized spacial score (nSPS) is 15.9. The first-order valence-corrected chi connectivity index (χ1v) is 12.2. The molecule has 2 aromatic carbocycles. The molecule has 2 amide bonds. The average Bonchev–Trinajstić information content (AvgIpc) is 2.72. The number of amides is 2. The molecule has 3 rings (SSSR count). The van der Waals surface area contributed by atoms with Crippen LogP contribution in [0.15, 0.2) is 48.5 Å². The number of carbonyl (C=O) groups excluding carboxylic acids is 2. The zero-order valence-corrected chi connectivity index (χ0v) is 19.0. The summed E-state index contributed by atoms with van der Waals surface area (Å²) in [5.74, 6) is -0.928. The molecule has 2 N–H and O–H groups in total. The highest BCUT2D eigenvalue weighted by Gasteiger charge is 2.22. The number of nitrogens with zero attached hydrogens (tertiary/aromatic N) is 1. The van der Waals surface area contributed by atoms with Gasteiger partial charge in [0.05, 0.1) is 0 Å². The van der Waals surface area contributed by atoms with E-state index in [-0.39, 0.29) is 29.4 Å². The maximum atomic E-state index is 12.3. The standard InChI is InChI=1S/C24H31N3O3S/c1-18-8-9-22(14-19(18)2)26-24(29)17-31(30)16-23(28)25-21-10-12-27(13-11-21)15-20-6-4-3-5-7-20/h3-9,14,21H,10-13,15-17H2,1-2H3,(H,25,28)(H,26,29). The molecule has 166 valence electrons. The van der Waals surface area contributed by atoms with Gasteiger partial charge in [-0.1, -0.05) is 36.4 Å². The largest absolute Gasteiger partial charge is 0.352 e. The number of carbonyl (C=O) groups is 2. The van der Waals surface area contributed by atoms with Crippen LogP contribution in [0.2, 0.25) is 0 Å². The lowest BCUT2D eigenvalue weighted by atomic mass is 10.0. The molecule has 2 aromatic rings. The quantitative estimate of drug-likeness (QED) is 0.660. The summed E-state index contributed by atoms with van der Waals surface area (Å²) in [7, 11) is -1.54. The first-order valence-electron chi connectivity index (χ1n) is 10.7. The van der Waals surface area contributed by atoms with E-state index in [4.69, 9.17) is 0 Å². The summed E-state index contributed by atoms with van der Waals surface area (Å²) in [4.78, 5) is 26.8. The minimum absolute atomic E-state index is 0.0980. The fourth-order valence-electron chi connectivity index (χ4n) is 3.71. The molecule has 0 aromatic heterocycles. The highest BCUT2D eigenvalue weighted by Crippen LogP contribution is 2.15. The Hall–Kier alpha value is -2.51. The molecule has 31 heavy (non-hydrogen) atoms. The molecule has 7 heteroatoms. The van der Waals surface area contributed by atoms with Crippen molar-refractivity contribution in [3.8, 4) is 0 Å². The van der Waals surface area contributed by atoms with Gasteiger partial charge in [0.25, 0.3) is 0 Å². The van der Waals surface area contributed by atoms with E-state index in [2.05, 4.69) is 27.7 Å². The van der Waals surface area contributed by atoms with Gasteiger partial charge in [0.15, 0.2) is 0 Å². The molecule has 6 nitrogen and oxygen atoms in total. The van der Waals surface area contributed by atoms with Crippen molar-refractivity contribution in [2.45, 2.75) is 39.3 Å². The van der Waals surface area contributed by atoms with Crippen LogP contribution in [0.3, 0.4) is 0 Å². The van der Waals surface area contributed by atoms with Crippen LogP contribution in [0.4, 0.5) is 5.69 Å². The third-order valence-corrected chi connectivity index (χ3v) is 6.74. The van der Waals surface area contributed by atoms with E-state index in [0.717, 1.165) is 43.6 Å². The van der Waals surface area contributed by atoms with Crippen LogP contribution in [0.5, 0.6) is 0 Å². The van der Waals surface area contributed by atoms with Crippen molar-refractivity contribution in [1.82, 2.24) is 10.2 Å². The molecule has 1 unspecified atom stereocenters. The van der Waals surface area contributed by atoms with Crippen molar-refractivity contribution in [2.75, 3.05) is 29.9 Å². The number of rotatable bonds is 8. The molecule has 0 aliphatic carbocycles. The summed E-state index contributed by atoms with van der Waals surface area (Å²) in [6.45, 7) is 6.73. The van der Waals surface area contributed by atoms with Gasteiger partial charge in [0.2, 0.25) is 11.8 Å². The Morgan fingerprint density at radius 1 is 0.968 bits per heavy atom. The number of anilines is 1. The fraction of sp³-hybridized carbons (Fsp3) is 0.417. The Bertz CT molecular complexity index is 925. The van der Waals surface area contributed by atoms with Crippen molar-refractivity contribution in [1.29, 1.82) is 0 Å². The Labute approximate surface area is 186 Å². The molecule has 0 spiro atoms. The van der Waals surface area contributed by atoms with Crippen LogP contribution >= 0.6 is 0 Å². The Morgan fingerprint density at radius 3 is 2.32 bits per heavy atom. The van der Waals surface area contributed by atoms with Crippen LogP contribution < -0.4 is 10.6 Å². The van der Waals surface area contributed by atoms with Gasteiger partial charge in [-0.3, -0.25) is 18.7 Å². The van der Waals surface area contributed by atoms with Gasteiger partial charge in [-0.15, -0.1) is 0 Å². The van der Waals surface area contributed by atoms with Gasteiger partial charge in [-0.2, -0.15) is 0 Å². The van der Waals surface area contributed by atoms with Gasteiger partial charge in [0.1, 0.15) is 11.5 Å². The van der Waals surface area contributed by atoms with E-state index in [1.165, 1.54) is 5.56 Å². The first kappa shape index (κ1) is 23.2. The number of aryl methyl sites for hydroxylation is 2. The zero-order valence-electron chi connectivity index (χ0n) is 18.2. The number of likely N-dealkylation sites (tertiary alicyclic amines) is 1. The molecule has 1 heterocycles. The van der Waals surface area contributed by atoms with Gasteiger partial charge < -0.3 is 10.6 Å². The SMILES string of the molecule is Cc1ccc(NC(=O)CS(=O)CC(=O)NC2CCN(Cc3ccccc3)CC2)cc1C. The van der Waals surface area contributed by atoms with Crippen LogP contribution in [0, 0.1) is 13.8 Å². The van der Waals surface area contributed by atoms with E-state index in [1.807, 2.05) is 50.2 Å².